The predicted molar refractivity (Wildman–Crippen MR) is 63.2 cm³/mol. The van der Waals surface area contributed by atoms with Crippen molar-refractivity contribution in [2.24, 2.45) is 0 Å². The van der Waals surface area contributed by atoms with E-state index in [1.54, 1.807) is 13.8 Å². The van der Waals surface area contributed by atoms with Gasteiger partial charge in [-0.2, -0.15) is 13.2 Å². The molecule has 2 rings (SSSR count). The van der Waals surface area contributed by atoms with Crippen LogP contribution in [0.5, 0.6) is 0 Å². The molecule has 0 saturated carbocycles. The van der Waals surface area contributed by atoms with Crippen LogP contribution in [0.1, 0.15) is 27.0 Å². The van der Waals surface area contributed by atoms with Gasteiger partial charge in [0.15, 0.2) is 0 Å². The Balaban J connectivity index is 2.97. The Morgan fingerprint density at radius 3 is 2.42 bits per heavy atom. The Labute approximate surface area is 106 Å². The van der Waals surface area contributed by atoms with Crippen LogP contribution in [0, 0.1) is 13.8 Å². The van der Waals surface area contributed by atoms with Gasteiger partial charge in [-0.05, 0) is 25.0 Å². The minimum absolute atomic E-state index is 0.178. The molecule has 0 aliphatic rings. The summed E-state index contributed by atoms with van der Waals surface area (Å²) in [5.41, 5.74) is -0.384. The highest BCUT2D eigenvalue weighted by atomic mass is 19.4. The third kappa shape index (κ3) is 2.14. The van der Waals surface area contributed by atoms with Crippen LogP contribution in [0.25, 0.3) is 10.9 Å². The lowest BCUT2D eigenvalue weighted by Crippen LogP contribution is -2.14. The smallest absolute Gasteiger partial charge is 0.417 e. The molecule has 0 spiro atoms. The van der Waals surface area contributed by atoms with Crippen LogP contribution in [-0.4, -0.2) is 16.1 Å². The van der Waals surface area contributed by atoms with Crippen molar-refractivity contribution in [2.75, 3.05) is 0 Å². The molecule has 0 bridgehead atoms. The van der Waals surface area contributed by atoms with Gasteiger partial charge in [0.25, 0.3) is 0 Å². The fourth-order valence-electron chi connectivity index (χ4n) is 1.98. The molecule has 0 aliphatic heterocycles. The molecule has 0 unspecified atom stereocenters. The first-order chi connectivity index (χ1) is 8.73. The quantitative estimate of drug-likeness (QED) is 0.861. The molecule has 0 atom stereocenters. The molecule has 1 aromatic carbocycles. The van der Waals surface area contributed by atoms with Crippen molar-refractivity contribution in [3.8, 4) is 0 Å². The topological polar surface area (TPSA) is 50.2 Å². The maximum absolute atomic E-state index is 13.1. The van der Waals surface area contributed by atoms with Gasteiger partial charge in [0.2, 0.25) is 0 Å². The summed E-state index contributed by atoms with van der Waals surface area (Å²) in [5, 5.41) is 8.69. The summed E-state index contributed by atoms with van der Waals surface area (Å²) in [6, 6.07) is 2.79. The van der Waals surface area contributed by atoms with Gasteiger partial charge in [0.1, 0.15) is 0 Å². The van der Waals surface area contributed by atoms with Crippen molar-refractivity contribution >= 4 is 16.9 Å². The number of halogens is 3. The number of fused-ring (bicyclic) bond motifs is 1. The van der Waals surface area contributed by atoms with E-state index in [0.717, 1.165) is 11.8 Å². The molecular weight excluding hydrogens is 259 g/mol. The van der Waals surface area contributed by atoms with Crippen molar-refractivity contribution in [1.29, 1.82) is 0 Å². The second-order valence-corrected chi connectivity index (χ2v) is 4.25. The van der Waals surface area contributed by atoms with Gasteiger partial charge in [-0.1, -0.05) is 12.1 Å². The van der Waals surface area contributed by atoms with Gasteiger partial charge in [0.05, 0.1) is 16.6 Å². The number of aromatic carboxylic acids is 1. The summed E-state index contributed by atoms with van der Waals surface area (Å²) < 4.78 is 39.2. The molecule has 0 saturated heterocycles. The average Bonchev–Trinajstić information content (AvgIpc) is 2.31. The number of aryl methyl sites for hydroxylation is 2. The first kappa shape index (κ1) is 13.3. The highest BCUT2D eigenvalue weighted by Gasteiger charge is 2.38. The summed E-state index contributed by atoms with van der Waals surface area (Å²) in [7, 11) is 0. The summed E-state index contributed by atoms with van der Waals surface area (Å²) in [6.07, 6.45) is -3.98. The van der Waals surface area contributed by atoms with E-state index in [-0.39, 0.29) is 10.9 Å². The summed E-state index contributed by atoms with van der Waals surface area (Å²) in [5.74, 6) is -1.64. The van der Waals surface area contributed by atoms with Gasteiger partial charge >= 0.3 is 12.1 Å². The molecule has 100 valence electrons. The Kier molecular flexibility index (Phi) is 2.96. The van der Waals surface area contributed by atoms with Crippen molar-refractivity contribution < 1.29 is 23.1 Å². The SMILES string of the molecule is Cc1ccc2c(C(F)(F)F)c(C(=O)O)cnc2c1C. The number of alkyl halides is 3. The Bertz CT molecular complexity index is 678. The molecule has 0 fully saturated rings. The third-order valence-electron chi connectivity index (χ3n) is 3.08. The van der Waals surface area contributed by atoms with Gasteiger partial charge in [-0.3, -0.25) is 4.98 Å². The van der Waals surface area contributed by atoms with E-state index in [1.165, 1.54) is 12.1 Å². The molecule has 2 aromatic rings. The number of rotatable bonds is 1. The zero-order valence-electron chi connectivity index (χ0n) is 10.2. The highest BCUT2D eigenvalue weighted by molar-refractivity contribution is 5.97. The number of benzene rings is 1. The highest BCUT2D eigenvalue weighted by Crippen LogP contribution is 2.37. The van der Waals surface area contributed by atoms with Gasteiger partial charge in [-0.15, -0.1) is 0 Å². The first-order valence-electron chi connectivity index (χ1n) is 5.43. The lowest BCUT2D eigenvalue weighted by molar-refractivity contribution is -0.136. The van der Waals surface area contributed by atoms with Gasteiger partial charge in [-0.25, -0.2) is 4.79 Å². The number of carbonyl (C=O) groups is 1. The fourth-order valence-corrected chi connectivity index (χ4v) is 1.98. The third-order valence-corrected chi connectivity index (χ3v) is 3.08. The van der Waals surface area contributed by atoms with Crippen LogP contribution in [0.3, 0.4) is 0 Å². The predicted octanol–water partition coefficient (Wildman–Crippen LogP) is 3.57. The molecule has 1 heterocycles. The standard InChI is InChI=1S/C13H10F3NO2/c1-6-3-4-8-10(13(14,15)16)9(12(18)19)5-17-11(8)7(6)2/h3-5H,1-2H3,(H,18,19). The van der Waals surface area contributed by atoms with Crippen LogP contribution in [0.15, 0.2) is 18.3 Å². The minimum atomic E-state index is -4.74. The summed E-state index contributed by atoms with van der Waals surface area (Å²) in [6.45, 7) is 3.42. The largest absolute Gasteiger partial charge is 0.478 e. The van der Waals surface area contributed by atoms with E-state index in [4.69, 9.17) is 5.11 Å². The fraction of sp³-hybridized carbons (Fsp3) is 0.231. The number of hydrogen-bond donors (Lipinski definition) is 1. The average molecular weight is 269 g/mol. The molecular formula is C13H10F3NO2. The van der Waals surface area contributed by atoms with E-state index in [1.807, 2.05) is 0 Å². The van der Waals surface area contributed by atoms with Crippen molar-refractivity contribution in [2.45, 2.75) is 20.0 Å². The lowest BCUT2D eigenvalue weighted by atomic mass is 9.98. The second-order valence-electron chi connectivity index (χ2n) is 4.25. The normalized spacial score (nSPS) is 11.8. The zero-order valence-corrected chi connectivity index (χ0v) is 10.2. The van der Waals surface area contributed by atoms with E-state index >= 15 is 0 Å². The molecule has 0 radical (unpaired) electrons. The monoisotopic (exact) mass is 269 g/mol. The maximum atomic E-state index is 13.1. The van der Waals surface area contributed by atoms with Crippen LogP contribution in [0.2, 0.25) is 0 Å². The first-order valence-corrected chi connectivity index (χ1v) is 5.43. The van der Waals surface area contributed by atoms with Crippen LogP contribution in [0.4, 0.5) is 13.2 Å². The summed E-state index contributed by atoms with van der Waals surface area (Å²) >= 11 is 0. The van der Waals surface area contributed by atoms with Crippen molar-refractivity contribution in [3.63, 3.8) is 0 Å². The number of aromatic nitrogens is 1. The minimum Gasteiger partial charge on any atom is -0.478 e. The number of nitrogens with zero attached hydrogens (tertiary/aromatic N) is 1. The van der Waals surface area contributed by atoms with E-state index < -0.39 is 23.3 Å². The van der Waals surface area contributed by atoms with E-state index in [2.05, 4.69) is 4.98 Å². The number of carboxylic acids is 1. The van der Waals surface area contributed by atoms with E-state index in [9.17, 15) is 18.0 Å². The molecule has 3 nitrogen and oxygen atoms in total. The summed E-state index contributed by atoms with van der Waals surface area (Å²) in [4.78, 5) is 14.8. The second kappa shape index (κ2) is 4.22. The van der Waals surface area contributed by atoms with Crippen molar-refractivity contribution in [1.82, 2.24) is 4.98 Å². The number of carboxylic acid groups (broad SMARTS) is 1. The zero-order chi connectivity index (χ0) is 14.4. The maximum Gasteiger partial charge on any atom is 0.417 e. The van der Waals surface area contributed by atoms with Crippen LogP contribution < -0.4 is 0 Å². The molecule has 19 heavy (non-hydrogen) atoms. The Morgan fingerprint density at radius 2 is 1.89 bits per heavy atom. The molecule has 1 N–H and O–H groups in total. The number of pyridine rings is 1. The van der Waals surface area contributed by atoms with Crippen LogP contribution in [-0.2, 0) is 6.18 Å². The van der Waals surface area contributed by atoms with Gasteiger partial charge < -0.3 is 5.11 Å². The molecule has 1 aromatic heterocycles. The molecule has 6 heteroatoms. The van der Waals surface area contributed by atoms with Crippen molar-refractivity contribution in [3.05, 3.63) is 40.6 Å². The molecule has 0 amide bonds. The Morgan fingerprint density at radius 1 is 1.26 bits per heavy atom. The molecule has 0 aliphatic carbocycles. The van der Waals surface area contributed by atoms with E-state index in [0.29, 0.717) is 5.56 Å². The Hall–Kier alpha value is -2.11. The van der Waals surface area contributed by atoms with Crippen LogP contribution >= 0.6 is 0 Å². The number of hydrogen-bond acceptors (Lipinski definition) is 2. The van der Waals surface area contributed by atoms with Gasteiger partial charge in [0, 0.05) is 11.6 Å². The lowest BCUT2D eigenvalue weighted by Gasteiger charge is -2.14.